The number of pyridine rings is 1. The number of aryl methyl sites for hydroxylation is 1. The quantitative estimate of drug-likeness (QED) is 0.753. The van der Waals surface area contributed by atoms with Gasteiger partial charge in [0, 0.05) is 37.7 Å². The molecule has 0 aliphatic heterocycles. The van der Waals surface area contributed by atoms with Gasteiger partial charge in [0.15, 0.2) is 0 Å². The second-order valence-corrected chi connectivity index (χ2v) is 4.21. The molecule has 0 fully saturated rings. The molecular formula is C13H16N4O2. The summed E-state index contributed by atoms with van der Waals surface area (Å²) in [4.78, 5) is 29.0. The average molecular weight is 260 g/mol. The van der Waals surface area contributed by atoms with Crippen LogP contribution in [-0.4, -0.2) is 27.0 Å². The van der Waals surface area contributed by atoms with Crippen molar-refractivity contribution >= 4 is 5.91 Å². The van der Waals surface area contributed by atoms with Gasteiger partial charge in [-0.1, -0.05) is 0 Å². The van der Waals surface area contributed by atoms with E-state index in [9.17, 15) is 9.59 Å². The maximum absolute atomic E-state index is 11.7. The first kappa shape index (κ1) is 13.1. The lowest BCUT2D eigenvalue weighted by Crippen LogP contribution is -2.25. The van der Waals surface area contributed by atoms with Crippen molar-refractivity contribution in [1.82, 2.24) is 19.9 Å². The molecule has 0 unspecified atom stereocenters. The van der Waals surface area contributed by atoms with Crippen molar-refractivity contribution in [3.05, 3.63) is 53.0 Å². The van der Waals surface area contributed by atoms with Crippen molar-refractivity contribution in [2.24, 2.45) is 0 Å². The molecule has 2 N–H and O–H groups in total. The molecule has 6 heteroatoms. The minimum atomic E-state index is -0.211. The van der Waals surface area contributed by atoms with E-state index in [2.05, 4.69) is 15.3 Å². The van der Waals surface area contributed by atoms with E-state index >= 15 is 0 Å². The van der Waals surface area contributed by atoms with Crippen molar-refractivity contribution in [1.29, 1.82) is 0 Å². The van der Waals surface area contributed by atoms with E-state index in [1.165, 1.54) is 18.3 Å². The fourth-order valence-electron chi connectivity index (χ4n) is 1.69. The number of unbranched alkanes of at least 4 members (excludes halogenated alkanes) is 1. The summed E-state index contributed by atoms with van der Waals surface area (Å²) in [5.41, 5.74) is 0.256. The van der Waals surface area contributed by atoms with Crippen molar-refractivity contribution < 1.29 is 4.79 Å². The molecular weight excluding hydrogens is 244 g/mol. The van der Waals surface area contributed by atoms with E-state index < -0.39 is 0 Å². The number of nitrogens with zero attached hydrogens (tertiary/aromatic N) is 2. The highest BCUT2D eigenvalue weighted by molar-refractivity contribution is 5.93. The first-order valence-corrected chi connectivity index (χ1v) is 6.18. The van der Waals surface area contributed by atoms with Gasteiger partial charge in [-0.3, -0.25) is 9.59 Å². The zero-order valence-corrected chi connectivity index (χ0v) is 10.5. The maximum atomic E-state index is 11.7. The van der Waals surface area contributed by atoms with Crippen molar-refractivity contribution in [3.63, 3.8) is 0 Å². The number of carbonyl (C=O) groups is 1. The molecule has 0 bridgehead atoms. The van der Waals surface area contributed by atoms with E-state index in [4.69, 9.17) is 0 Å². The normalized spacial score (nSPS) is 10.3. The number of imidazole rings is 1. The zero-order chi connectivity index (χ0) is 13.5. The molecule has 100 valence electrons. The Labute approximate surface area is 110 Å². The monoisotopic (exact) mass is 260 g/mol. The molecule has 2 aromatic heterocycles. The number of amides is 1. The number of rotatable bonds is 6. The number of aromatic nitrogens is 3. The van der Waals surface area contributed by atoms with Gasteiger partial charge >= 0.3 is 0 Å². The van der Waals surface area contributed by atoms with Crippen LogP contribution >= 0.6 is 0 Å². The molecule has 6 nitrogen and oxygen atoms in total. The van der Waals surface area contributed by atoms with Crippen LogP contribution < -0.4 is 10.9 Å². The fourth-order valence-corrected chi connectivity index (χ4v) is 1.69. The van der Waals surface area contributed by atoms with Gasteiger partial charge in [-0.2, -0.15) is 0 Å². The SMILES string of the molecule is O=C(NCCCCn1ccnc1)c1ccc(=O)[nH]c1. The van der Waals surface area contributed by atoms with Crippen molar-refractivity contribution in [2.75, 3.05) is 6.54 Å². The molecule has 2 heterocycles. The predicted molar refractivity (Wildman–Crippen MR) is 70.9 cm³/mol. The Bertz CT molecular complexity index is 554. The lowest BCUT2D eigenvalue weighted by Gasteiger charge is -2.05. The van der Waals surface area contributed by atoms with Crippen LogP contribution in [0.5, 0.6) is 0 Å². The molecule has 0 saturated heterocycles. The summed E-state index contributed by atoms with van der Waals surface area (Å²) in [5, 5.41) is 2.81. The summed E-state index contributed by atoms with van der Waals surface area (Å²) in [6.07, 6.45) is 8.73. The second kappa shape index (κ2) is 6.53. The smallest absolute Gasteiger partial charge is 0.252 e. The van der Waals surface area contributed by atoms with Gasteiger partial charge in [-0.25, -0.2) is 4.98 Å². The Balaban J connectivity index is 1.66. The van der Waals surface area contributed by atoms with Crippen LogP contribution in [0.4, 0.5) is 0 Å². The van der Waals surface area contributed by atoms with Gasteiger partial charge in [0.2, 0.25) is 5.56 Å². The lowest BCUT2D eigenvalue weighted by molar-refractivity contribution is 0.0952. The Kier molecular flexibility index (Phi) is 4.49. The summed E-state index contributed by atoms with van der Waals surface area (Å²) in [7, 11) is 0. The third kappa shape index (κ3) is 4.09. The van der Waals surface area contributed by atoms with E-state index in [1.54, 1.807) is 12.5 Å². The van der Waals surface area contributed by atoms with Crippen LogP contribution in [0.3, 0.4) is 0 Å². The molecule has 19 heavy (non-hydrogen) atoms. The fraction of sp³-hybridized carbons (Fsp3) is 0.308. The molecule has 0 aliphatic carbocycles. The highest BCUT2D eigenvalue weighted by Gasteiger charge is 2.03. The highest BCUT2D eigenvalue weighted by Crippen LogP contribution is 1.96. The number of hydrogen-bond acceptors (Lipinski definition) is 3. The number of hydrogen-bond donors (Lipinski definition) is 2. The first-order chi connectivity index (χ1) is 9.25. The van der Waals surface area contributed by atoms with Gasteiger partial charge in [0.25, 0.3) is 5.91 Å². The van der Waals surface area contributed by atoms with Crippen LogP contribution in [-0.2, 0) is 6.54 Å². The van der Waals surface area contributed by atoms with E-state index in [0.717, 1.165) is 19.4 Å². The predicted octanol–water partition coefficient (Wildman–Crippen LogP) is 0.782. The third-order valence-electron chi connectivity index (χ3n) is 2.73. The van der Waals surface area contributed by atoms with Crippen LogP contribution in [0, 0.1) is 0 Å². The standard InChI is InChI=1S/C13H16N4O2/c18-12-4-3-11(9-16-12)13(19)15-5-1-2-7-17-8-6-14-10-17/h3-4,6,8-10H,1-2,5,7H2,(H,15,19)(H,16,18). The number of nitrogens with one attached hydrogen (secondary N) is 2. The maximum Gasteiger partial charge on any atom is 0.252 e. The van der Waals surface area contributed by atoms with Gasteiger partial charge in [0.1, 0.15) is 0 Å². The largest absolute Gasteiger partial charge is 0.352 e. The van der Waals surface area contributed by atoms with E-state index in [0.29, 0.717) is 12.1 Å². The summed E-state index contributed by atoms with van der Waals surface area (Å²) in [6.45, 7) is 1.52. The first-order valence-electron chi connectivity index (χ1n) is 6.18. The van der Waals surface area contributed by atoms with Gasteiger partial charge in [-0.15, -0.1) is 0 Å². The topological polar surface area (TPSA) is 79.8 Å². The number of carbonyl (C=O) groups excluding carboxylic acids is 1. The molecule has 0 atom stereocenters. The van der Waals surface area contributed by atoms with Crippen LogP contribution in [0.15, 0.2) is 41.8 Å². The van der Waals surface area contributed by atoms with Crippen LogP contribution in [0.25, 0.3) is 0 Å². The number of aromatic amines is 1. The lowest BCUT2D eigenvalue weighted by atomic mass is 10.2. The van der Waals surface area contributed by atoms with Gasteiger partial charge in [-0.05, 0) is 18.9 Å². The Hall–Kier alpha value is -2.37. The van der Waals surface area contributed by atoms with E-state index in [1.807, 2.05) is 10.8 Å². The van der Waals surface area contributed by atoms with Crippen molar-refractivity contribution in [2.45, 2.75) is 19.4 Å². The Morgan fingerprint density at radius 1 is 1.37 bits per heavy atom. The molecule has 2 aromatic rings. The summed E-state index contributed by atoms with van der Waals surface area (Å²) in [5.74, 6) is -0.168. The molecule has 0 aliphatic rings. The van der Waals surface area contributed by atoms with Crippen LogP contribution in [0.2, 0.25) is 0 Å². The highest BCUT2D eigenvalue weighted by atomic mass is 16.1. The molecule has 0 spiro atoms. The average Bonchev–Trinajstić information content (AvgIpc) is 2.92. The Morgan fingerprint density at radius 3 is 2.95 bits per heavy atom. The minimum Gasteiger partial charge on any atom is -0.352 e. The van der Waals surface area contributed by atoms with Crippen molar-refractivity contribution in [3.8, 4) is 0 Å². The third-order valence-corrected chi connectivity index (χ3v) is 2.73. The number of H-pyrrole nitrogens is 1. The van der Waals surface area contributed by atoms with Crippen LogP contribution in [0.1, 0.15) is 23.2 Å². The summed E-state index contributed by atoms with van der Waals surface area (Å²) < 4.78 is 2.00. The molecule has 0 radical (unpaired) electrons. The molecule has 1 amide bonds. The molecule has 2 rings (SSSR count). The minimum absolute atomic E-state index is 0.168. The summed E-state index contributed by atoms with van der Waals surface area (Å²) in [6, 6.07) is 2.85. The van der Waals surface area contributed by atoms with E-state index in [-0.39, 0.29) is 11.5 Å². The summed E-state index contributed by atoms with van der Waals surface area (Å²) >= 11 is 0. The Morgan fingerprint density at radius 2 is 2.26 bits per heavy atom. The van der Waals surface area contributed by atoms with Gasteiger partial charge < -0.3 is 14.9 Å². The molecule has 0 aromatic carbocycles. The zero-order valence-electron chi connectivity index (χ0n) is 10.5. The second-order valence-electron chi connectivity index (χ2n) is 4.21. The van der Waals surface area contributed by atoms with Gasteiger partial charge in [0.05, 0.1) is 11.9 Å². The molecule has 0 saturated carbocycles.